The van der Waals surface area contributed by atoms with Crippen LogP contribution in [0.25, 0.3) is 32.3 Å². The molecule has 0 aliphatic heterocycles. The van der Waals surface area contributed by atoms with Crippen molar-refractivity contribution in [2.24, 2.45) is 0 Å². The Balaban J connectivity index is 2.20. The zero-order valence-electron chi connectivity index (χ0n) is 13.7. The quantitative estimate of drug-likeness (QED) is 0.406. The van der Waals surface area contributed by atoms with E-state index in [-0.39, 0.29) is 0 Å². The van der Waals surface area contributed by atoms with Gasteiger partial charge in [-0.15, -0.1) is 0 Å². The lowest BCUT2D eigenvalue weighted by atomic mass is 9.94. The molecule has 0 aliphatic carbocycles. The Morgan fingerprint density at radius 3 is 1.91 bits per heavy atom. The van der Waals surface area contributed by atoms with Crippen LogP contribution in [-0.2, 0) is 8.85 Å². The van der Waals surface area contributed by atoms with Gasteiger partial charge in [0.2, 0.25) is 0 Å². The van der Waals surface area contributed by atoms with E-state index in [0.29, 0.717) is 0 Å². The van der Waals surface area contributed by atoms with Crippen molar-refractivity contribution in [3.05, 3.63) is 54.6 Å². The summed E-state index contributed by atoms with van der Waals surface area (Å²) in [6.07, 6.45) is 0. The van der Waals surface area contributed by atoms with E-state index in [4.69, 9.17) is 8.85 Å². The number of benzene rings is 4. The predicted molar refractivity (Wildman–Crippen MR) is 100 cm³/mol. The summed E-state index contributed by atoms with van der Waals surface area (Å²) in [6.45, 7) is 2.15. The Hall–Kier alpha value is -1.94. The minimum absolute atomic E-state index is 0.893. The molecule has 4 aromatic rings. The molecule has 0 saturated heterocycles. The van der Waals surface area contributed by atoms with E-state index in [2.05, 4.69) is 61.5 Å². The molecule has 0 spiro atoms. The summed E-state index contributed by atoms with van der Waals surface area (Å²) < 4.78 is 11.9. The fraction of sp³-hybridized carbons (Fsp3) is 0.200. The molecule has 0 aliphatic rings. The molecule has 0 aromatic heterocycles. The summed E-state index contributed by atoms with van der Waals surface area (Å²) in [5.74, 6) is 0. The predicted octanol–water partition coefficient (Wildman–Crippen LogP) is 4.55. The fourth-order valence-electron chi connectivity index (χ4n) is 3.85. The third-order valence-corrected chi connectivity index (χ3v) is 8.57. The van der Waals surface area contributed by atoms with Crippen LogP contribution in [0, 0.1) is 0 Å². The number of hydrogen-bond acceptors (Lipinski definition) is 2. The van der Waals surface area contributed by atoms with Gasteiger partial charge >= 0.3 is 8.56 Å². The van der Waals surface area contributed by atoms with Crippen molar-refractivity contribution in [1.29, 1.82) is 0 Å². The van der Waals surface area contributed by atoms with Crippen molar-refractivity contribution in [2.45, 2.75) is 13.0 Å². The standard InChI is InChI=1S/C20H20O2Si/c1-4-23(21-2,22-3)18-13-11-16-9-8-14-6-5-7-15-10-12-17(18)20(16)19(14)15/h5-13H,4H2,1-3H3. The molecule has 0 heterocycles. The van der Waals surface area contributed by atoms with E-state index in [1.54, 1.807) is 14.2 Å². The molecule has 4 aromatic carbocycles. The van der Waals surface area contributed by atoms with Crippen molar-refractivity contribution >= 4 is 46.1 Å². The zero-order chi connectivity index (χ0) is 16.0. The summed E-state index contributed by atoms with van der Waals surface area (Å²) in [5.41, 5.74) is 0. The SMILES string of the molecule is CC[Si](OC)(OC)c1ccc2ccc3cccc4ccc1c2c34. The Morgan fingerprint density at radius 2 is 1.30 bits per heavy atom. The van der Waals surface area contributed by atoms with Gasteiger partial charge in [0.1, 0.15) is 0 Å². The maximum atomic E-state index is 5.93. The second-order valence-electron chi connectivity index (χ2n) is 5.98. The maximum Gasteiger partial charge on any atom is 0.372 e. The van der Waals surface area contributed by atoms with Gasteiger partial charge in [-0.3, -0.25) is 0 Å². The molecule has 0 amide bonds. The maximum absolute atomic E-state index is 5.93. The summed E-state index contributed by atoms with van der Waals surface area (Å²) in [6, 6.07) is 20.7. The number of hydrogen-bond donors (Lipinski definition) is 0. The molecular formula is C20H20O2Si. The molecule has 0 radical (unpaired) electrons. The highest BCUT2D eigenvalue weighted by Crippen LogP contribution is 2.34. The van der Waals surface area contributed by atoms with Gasteiger partial charge in [-0.1, -0.05) is 61.5 Å². The average Bonchev–Trinajstić information content (AvgIpc) is 2.62. The van der Waals surface area contributed by atoms with Crippen LogP contribution in [0.4, 0.5) is 0 Å². The summed E-state index contributed by atoms with van der Waals surface area (Å²) in [5, 5.41) is 9.03. The molecule has 0 fully saturated rings. The molecule has 3 heteroatoms. The number of rotatable bonds is 4. The molecule has 4 rings (SSSR count). The van der Waals surface area contributed by atoms with Crippen LogP contribution >= 0.6 is 0 Å². The van der Waals surface area contributed by atoms with Crippen LogP contribution in [-0.4, -0.2) is 22.8 Å². The molecule has 0 bridgehead atoms. The Morgan fingerprint density at radius 1 is 0.739 bits per heavy atom. The highest BCUT2D eigenvalue weighted by atomic mass is 28.4. The van der Waals surface area contributed by atoms with Crippen LogP contribution in [0.2, 0.25) is 6.04 Å². The van der Waals surface area contributed by atoms with Gasteiger partial charge in [-0.05, 0) is 38.4 Å². The van der Waals surface area contributed by atoms with Gasteiger partial charge in [0.25, 0.3) is 0 Å². The third kappa shape index (κ3) is 1.94. The smallest absolute Gasteiger partial charge is 0.372 e. The second-order valence-corrected chi connectivity index (χ2v) is 9.55. The van der Waals surface area contributed by atoms with Crippen LogP contribution in [0.1, 0.15) is 6.92 Å². The van der Waals surface area contributed by atoms with E-state index in [9.17, 15) is 0 Å². The first-order chi connectivity index (χ1) is 11.2. The highest BCUT2D eigenvalue weighted by molar-refractivity contribution is 6.83. The highest BCUT2D eigenvalue weighted by Gasteiger charge is 2.37. The van der Waals surface area contributed by atoms with Gasteiger partial charge in [-0.25, -0.2) is 0 Å². The largest absolute Gasteiger partial charge is 0.394 e. The fourth-order valence-corrected chi connectivity index (χ4v) is 6.37. The molecule has 2 nitrogen and oxygen atoms in total. The van der Waals surface area contributed by atoms with Crippen molar-refractivity contribution in [3.63, 3.8) is 0 Å². The topological polar surface area (TPSA) is 18.5 Å². The van der Waals surface area contributed by atoms with E-state index >= 15 is 0 Å². The molecule has 0 saturated carbocycles. The van der Waals surface area contributed by atoms with Crippen molar-refractivity contribution in [1.82, 2.24) is 0 Å². The minimum atomic E-state index is -2.39. The second kappa shape index (κ2) is 5.30. The molecule has 0 atom stereocenters. The summed E-state index contributed by atoms with van der Waals surface area (Å²) >= 11 is 0. The first-order valence-corrected chi connectivity index (χ1v) is 10.0. The van der Waals surface area contributed by atoms with Gasteiger partial charge in [0.05, 0.1) is 0 Å². The van der Waals surface area contributed by atoms with Crippen LogP contribution in [0.15, 0.2) is 54.6 Å². The molecule has 0 unspecified atom stereocenters. The Labute approximate surface area is 137 Å². The van der Waals surface area contributed by atoms with Crippen molar-refractivity contribution in [2.75, 3.05) is 14.2 Å². The van der Waals surface area contributed by atoms with E-state index in [0.717, 1.165) is 6.04 Å². The van der Waals surface area contributed by atoms with Crippen LogP contribution in [0.3, 0.4) is 0 Å². The molecular weight excluding hydrogens is 300 g/mol. The van der Waals surface area contributed by atoms with E-state index in [1.165, 1.54) is 37.5 Å². The molecule has 116 valence electrons. The first kappa shape index (κ1) is 14.6. The lowest BCUT2D eigenvalue weighted by Gasteiger charge is -2.28. The third-order valence-electron chi connectivity index (χ3n) is 5.06. The van der Waals surface area contributed by atoms with E-state index in [1.807, 2.05) is 0 Å². The molecule has 23 heavy (non-hydrogen) atoms. The van der Waals surface area contributed by atoms with E-state index < -0.39 is 8.56 Å². The zero-order valence-corrected chi connectivity index (χ0v) is 14.7. The lowest BCUT2D eigenvalue weighted by molar-refractivity contribution is 0.259. The van der Waals surface area contributed by atoms with Crippen molar-refractivity contribution < 1.29 is 8.85 Å². The van der Waals surface area contributed by atoms with Crippen molar-refractivity contribution in [3.8, 4) is 0 Å². The summed E-state index contributed by atoms with van der Waals surface area (Å²) in [4.78, 5) is 0. The van der Waals surface area contributed by atoms with Crippen LogP contribution < -0.4 is 5.19 Å². The lowest BCUT2D eigenvalue weighted by Crippen LogP contribution is -2.52. The normalized spacial score (nSPS) is 12.7. The van der Waals surface area contributed by atoms with Gasteiger partial charge in [0, 0.05) is 19.4 Å². The van der Waals surface area contributed by atoms with Gasteiger partial charge in [0.15, 0.2) is 0 Å². The van der Waals surface area contributed by atoms with Gasteiger partial charge < -0.3 is 8.85 Å². The Bertz CT molecular complexity index is 965. The average molecular weight is 320 g/mol. The van der Waals surface area contributed by atoms with Crippen LogP contribution in [0.5, 0.6) is 0 Å². The monoisotopic (exact) mass is 320 g/mol. The summed E-state index contributed by atoms with van der Waals surface area (Å²) in [7, 11) is 1.16. The first-order valence-electron chi connectivity index (χ1n) is 8.01. The minimum Gasteiger partial charge on any atom is -0.394 e. The van der Waals surface area contributed by atoms with Gasteiger partial charge in [-0.2, -0.15) is 0 Å². The Kier molecular flexibility index (Phi) is 3.38. The molecule has 0 N–H and O–H groups in total.